The molecule has 0 aromatic heterocycles. The monoisotopic (exact) mass is 555 g/mol. The van der Waals surface area contributed by atoms with Crippen LogP contribution in [0.4, 0.5) is 32.0 Å². The van der Waals surface area contributed by atoms with E-state index in [1.165, 1.54) is 18.2 Å². The Morgan fingerprint density at radius 2 is 1.59 bits per heavy atom. The highest BCUT2D eigenvalue weighted by Crippen LogP contribution is 2.52. The number of anilines is 1. The number of imide groups is 1. The number of aliphatic hydroxyl groups excluding tert-OH is 1. The number of allylic oxidation sites excluding steroid dienone is 1. The summed E-state index contributed by atoms with van der Waals surface area (Å²) in [6, 6.07) is 6.42. The second-order valence-electron chi connectivity index (χ2n) is 9.74. The molecule has 2 aromatic rings. The summed E-state index contributed by atoms with van der Waals surface area (Å²) in [7, 11) is -1.61. The number of amides is 2. The van der Waals surface area contributed by atoms with Gasteiger partial charge in [0.05, 0.1) is 41.4 Å². The number of aromatic hydroxyl groups is 1. The van der Waals surface area contributed by atoms with E-state index in [1.807, 2.05) is 0 Å². The van der Waals surface area contributed by atoms with Gasteiger partial charge in [0.15, 0.2) is 0 Å². The number of phenolic OH excluding ortho intramolecular Hbond substituents is 1. The van der Waals surface area contributed by atoms with Crippen LogP contribution in [-0.2, 0) is 26.6 Å². The lowest BCUT2D eigenvalue weighted by Crippen LogP contribution is -2.45. The minimum absolute atomic E-state index is 0.0102. The number of rotatable bonds is 3. The largest absolute Gasteiger partial charge is 0.508 e. The minimum Gasteiger partial charge on any atom is -0.508 e. The zero-order valence-corrected chi connectivity index (χ0v) is 19.8. The van der Waals surface area contributed by atoms with Gasteiger partial charge in [0.1, 0.15) is 5.75 Å². The number of hydrogen-bond acceptors (Lipinski definition) is 6. The zero-order chi connectivity index (χ0) is 28.4. The van der Waals surface area contributed by atoms with E-state index in [1.54, 1.807) is 6.07 Å². The quantitative estimate of drug-likeness (QED) is 0.300. The fourth-order valence-electron chi connectivity index (χ4n) is 5.82. The van der Waals surface area contributed by atoms with Gasteiger partial charge in [-0.2, -0.15) is 26.3 Å². The van der Waals surface area contributed by atoms with Crippen LogP contribution in [0.15, 0.2) is 53.5 Å². The molecule has 2 heterocycles. The van der Waals surface area contributed by atoms with Gasteiger partial charge >= 0.3 is 19.5 Å². The number of carbonyl (C=O) groups excluding carboxylic acids is 2. The van der Waals surface area contributed by atoms with Gasteiger partial charge in [0, 0.05) is 0 Å². The molecular weight excluding hydrogens is 535 g/mol. The van der Waals surface area contributed by atoms with Gasteiger partial charge < -0.3 is 19.9 Å². The van der Waals surface area contributed by atoms with Gasteiger partial charge in [-0.1, -0.05) is 12.1 Å². The highest BCUT2D eigenvalue weighted by atomic mass is 19.4. The summed E-state index contributed by atoms with van der Waals surface area (Å²) in [6.07, 6.45) is -11.5. The zero-order valence-electron chi connectivity index (χ0n) is 19.8. The van der Waals surface area contributed by atoms with E-state index < -0.39 is 78.6 Å². The molecule has 4 atom stereocenters. The Labute approximate surface area is 217 Å². The lowest BCUT2D eigenvalue weighted by molar-refractivity contribution is -0.143. The van der Waals surface area contributed by atoms with E-state index in [-0.39, 0.29) is 35.7 Å². The molecule has 2 amide bonds. The Kier molecular flexibility index (Phi) is 6.55. The van der Waals surface area contributed by atoms with Crippen LogP contribution in [0.1, 0.15) is 35.6 Å². The molecule has 7 nitrogen and oxygen atoms in total. The third kappa shape index (κ3) is 4.70. The molecule has 1 aliphatic carbocycles. The number of benzene rings is 2. The first kappa shape index (κ1) is 27.2. The van der Waals surface area contributed by atoms with E-state index >= 15 is 0 Å². The van der Waals surface area contributed by atoms with Crippen LogP contribution in [-0.4, -0.2) is 40.8 Å². The van der Waals surface area contributed by atoms with Gasteiger partial charge in [0.2, 0.25) is 11.8 Å². The van der Waals surface area contributed by atoms with Crippen molar-refractivity contribution in [3.05, 3.63) is 70.2 Å². The van der Waals surface area contributed by atoms with Crippen LogP contribution in [0.3, 0.4) is 0 Å². The average Bonchev–Trinajstić information content (AvgIpc) is 3.11. The van der Waals surface area contributed by atoms with Crippen molar-refractivity contribution < 1.29 is 55.8 Å². The standard InChI is InChI=1S/C25H20BF6NO6/c27-24(28,29)13-6-14(25(30,31)32)8-15(7-13)33-22(36)18-5-12(10-34)21-17(20(18)23(33)37)9-19(39-26(21)38)11-2-1-3-16(35)4-11/h1-4,6-8,17-20,34-35,38H,5,9-10H2/t17-,18-,19-,20+/m0/s1. The normalized spacial score (nSPS) is 25.7. The second-order valence-corrected chi connectivity index (χ2v) is 9.74. The number of hydrogen-bond donors (Lipinski definition) is 3. The van der Waals surface area contributed by atoms with E-state index in [0.29, 0.717) is 22.6 Å². The number of halogens is 6. The maximum absolute atomic E-state index is 13.6. The van der Waals surface area contributed by atoms with Crippen molar-refractivity contribution in [1.82, 2.24) is 0 Å². The summed E-state index contributed by atoms with van der Waals surface area (Å²) in [4.78, 5) is 27.4. The van der Waals surface area contributed by atoms with E-state index in [0.717, 1.165) is 0 Å². The van der Waals surface area contributed by atoms with Crippen LogP contribution in [0.5, 0.6) is 5.75 Å². The molecule has 2 saturated heterocycles. The molecule has 3 N–H and O–H groups in total. The van der Waals surface area contributed by atoms with Crippen molar-refractivity contribution >= 4 is 24.6 Å². The molecule has 0 unspecified atom stereocenters. The number of carbonyl (C=O) groups is 2. The molecule has 2 aliphatic heterocycles. The van der Waals surface area contributed by atoms with Gasteiger partial charge in [-0.15, -0.1) is 0 Å². The second kappa shape index (κ2) is 9.38. The van der Waals surface area contributed by atoms with Crippen molar-refractivity contribution in [3.63, 3.8) is 0 Å². The SMILES string of the molecule is O=C1[C@H]2[C@H](CC(CO)=C3B(O)O[C@H](c4cccc(O)c4)C[C@H]32)C(=O)N1c1cc(C(F)(F)F)cc(C(F)(F)F)c1. The maximum atomic E-state index is 13.6. The third-order valence-corrected chi connectivity index (χ3v) is 7.47. The molecule has 2 fully saturated rings. The Balaban J connectivity index is 1.58. The summed E-state index contributed by atoms with van der Waals surface area (Å²) < 4.78 is 86.4. The molecular formula is C25H20BF6NO6. The highest BCUT2D eigenvalue weighted by Gasteiger charge is 2.58. The van der Waals surface area contributed by atoms with Crippen LogP contribution in [0.2, 0.25) is 0 Å². The first-order valence-electron chi connectivity index (χ1n) is 11.8. The Bertz CT molecular complexity index is 1340. The number of nitrogens with zero attached hydrogens (tertiary/aromatic N) is 1. The third-order valence-electron chi connectivity index (χ3n) is 7.47. The topological polar surface area (TPSA) is 107 Å². The fourth-order valence-corrected chi connectivity index (χ4v) is 5.82. The summed E-state index contributed by atoms with van der Waals surface area (Å²) in [5.41, 5.74) is -3.44. The summed E-state index contributed by atoms with van der Waals surface area (Å²) >= 11 is 0. The van der Waals surface area contributed by atoms with Gasteiger partial charge in [-0.3, -0.25) is 9.59 Å². The highest BCUT2D eigenvalue weighted by molar-refractivity contribution is 6.53. The first-order chi connectivity index (χ1) is 18.2. The lowest BCUT2D eigenvalue weighted by Gasteiger charge is -2.41. The van der Waals surface area contributed by atoms with E-state index in [2.05, 4.69) is 0 Å². The number of phenols is 1. The molecule has 206 valence electrons. The molecule has 3 aliphatic rings. The Morgan fingerprint density at radius 3 is 2.15 bits per heavy atom. The molecule has 14 heteroatoms. The van der Waals surface area contributed by atoms with Crippen LogP contribution in [0, 0.1) is 17.8 Å². The van der Waals surface area contributed by atoms with Crippen molar-refractivity contribution in [1.29, 1.82) is 0 Å². The molecule has 0 bridgehead atoms. The molecule has 0 spiro atoms. The minimum atomic E-state index is -5.19. The van der Waals surface area contributed by atoms with Gasteiger partial charge in [-0.25, -0.2) is 4.90 Å². The van der Waals surface area contributed by atoms with Crippen molar-refractivity contribution in [2.45, 2.75) is 31.3 Å². The molecule has 5 rings (SSSR count). The Hall–Kier alpha value is -3.36. The van der Waals surface area contributed by atoms with E-state index in [4.69, 9.17) is 4.65 Å². The summed E-state index contributed by atoms with van der Waals surface area (Å²) in [6.45, 7) is -0.616. The van der Waals surface area contributed by atoms with Crippen molar-refractivity contribution in [2.24, 2.45) is 17.8 Å². The molecule has 39 heavy (non-hydrogen) atoms. The van der Waals surface area contributed by atoms with Crippen LogP contribution in [0.25, 0.3) is 0 Å². The average molecular weight is 555 g/mol. The summed E-state index contributed by atoms with van der Waals surface area (Å²) in [5, 5.41) is 30.6. The summed E-state index contributed by atoms with van der Waals surface area (Å²) in [5.74, 6) is -5.46. The van der Waals surface area contributed by atoms with Crippen molar-refractivity contribution in [2.75, 3.05) is 11.5 Å². The van der Waals surface area contributed by atoms with Gasteiger partial charge in [-0.05, 0) is 65.7 Å². The molecule has 0 radical (unpaired) electrons. The molecule has 2 aromatic carbocycles. The molecule has 0 saturated carbocycles. The predicted octanol–water partition coefficient (Wildman–Crippen LogP) is 4.03. The number of alkyl halides is 6. The van der Waals surface area contributed by atoms with Crippen LogP contribution < -0.4 is 4.90 Å². The first-order valence-corrected chi connectivity index (χ1v) is 11.8. The van der Waals surface area contributed by atoms with E-state index in [9.17, 15) is 51.2 Å². The van der Waals surface area contributed by atoms with Gasteiger partial charge in [0.25, 0.3) is 0 Å². The smallest absolute Gasteiger partial charge is 0.487 e. The fraction of sp³-hybridized carbons (Fsp3) is 0.360. The predicted molar refractivity (Wildman–Crippen MR) is 123 cm³/mol. The Morgan fingerprint density at radius 1 is 0.949 bits per heavy atom. The van der Waals surface area contributed by atoms with Crippen LogP contribution >= 0.6 is 0 Å². The van der Waals surface area contributed by atoms with Crippen molar-refractivity contribution in [3.8, 4) is 5.75 Å². The lowest BCUT2D eigenvalue weighted by atomic mass is 9.55. The number of fused-ring (bicyclic) bond motifs is 3. The number of aliphatic hydroxyl groups is 1. The maximum Gasteiger partial charge on any atom is 0.487 e.